The Kier molecular flexibility index (Phi) is 6.12. The van der Waals surface area contributed by atoms with Crippen molar-refractivity contribution in [3.8, 4) is 0 Å². The number of rotatable bonds is 7. The number of para-hydroxylation sites is 1. The Hall–Kier alpha value is -3.80. The number of aromatic nitrogens is 2. The molecule has 0 saturated heterocycles. The van der Waals surface area contributed by atoms with E-state index in [4.69, 9.17) is 4.74 Å². The highest BCUT2D eigenvalue weighted by Gasteiger charge is 2.18. The molecule has 0 radical (unpaired) electrons. The van der Waals surface area contributed by atoms with Crippen molar-refractivity contribution in [1.82, 2.24) is 9.55 Å². The number of hydrogen-bond donors (Lipinski definition) is 0. The number of benzene rings is 2. The number of halogens is 1. The average Bonchev–Trinajstić information content (AvgIpc) is 3.09. The highest BCUT2D eigenvalue weighted by molar-refractivity contribution is 6.00. The maximum Gasteiger partial charge on any atom is 0.357 e. The molecule has 32 heavy (non-hydrogen) atoms. The molecule has 4 aromatic rings. The number of Topliss-reactive ketones (excluding diaryl/α,β-unsaturated/α-hetero) is 1. The number of carbonyl (C=O) groups is 2. The minimum absolute atomic E-state index is 0.168. The van der Waals surface area contributed by atoms with E-state index in [-0.39, 0.29) is 23.9 Å². The van der Waals surface area contributed by atoms with Crippen molar-refractivity contribution in [2.75, 3.05) is 6.61 Å². The summed E-state index contributed by atoms with van der Waals surface area (Å²) in [6, 6.07) is 19.1. The van der Waals surface area contributed by atoms with E-state index in [0.717, 1.165) is 22.3 Å². The Morgan fingerprint density at radius 1 is 1.00 bits per heavy atom. The van der Waals surface area contributed by atoms with Crippen LogP contribution in [0, 0.1) is 19.7 Å². The van der Waals surface area contributed by atoms with Crippen molar-refractivity contribution in [3.05, 3.63) is 101 Å². The molecular weight excluding hydrogens is 407 g/mol. The zero-order chi connectivity index (χ0) is 22.7. The Morgan fingerprint density at radius 2 is 1.75 bits per heavy atom. The summed E-state index contributed by atoms with van der Waals surface area (Å²) < 4.78 is 20.4. The van der Waals surface area contributed by atoms with Crippen LogP contribution in [0.4, 0.5) is 4.39 Å². The van der Waals surface area contributed by atoms with E-state index < -0.39 is 5.97 Å². The van der Waals surface area contributed by atoms with Crippen LogP contribution < -0.4 is 0 Å². The molecule has 0 fully saturated rings. The van der Waals surface area contributed by atoms with Gasteiger partial charge >= 0.3 is 5.97 Å². The van der Waals surface area contributed by atoms with Crippen LogP contribution in [0.1, 0.15) is 37.8 Å². The van der Waals surface area contributed by atoms with Gasteiger partial charge in [-0.05, 0) is 56.2 Å². The van der Waals surface area contributed by atoms with Crippen molar-refractivity contribution in [1.29, 1.82) is 0 Å². The predicted octanol–water partition coefficient (Wildman–Crippen LogP) is 5.07. The maximum absolute atomic E-state index is 13.1. The molecule has 0 aliphatic rings. The Bertz CT molecular complexity index is 1290. The third-order valence-electron chi connectivity index (χ3n) is 5.55. The second kappa shape index (κ2) is 9.14. The zero-order valence-electron chi connectivity index (χ0n) is 18.0. The van der Waals surface area contributed by atoms with Crippen molar-refractivity contribution in [3.63, 3.8) is 0 Å². The molecular formula is C26H23FN2O3. The van der Waals surface area contributed by atoms with Gasteiger partial charge in [0, 0.05) is 28.9 Å². The SMILES string of the molecule is Cc1cc(C(=O)COC(=O)c2ccc3ccccc3n2)c(C)n1CCc1ccc(F)cc1. The lowest BCUT2D eigenvalue weighted by Gasteiger charge is -2.10. The van der Waals surface area contributed by atoms with Gasteiger partial charge in [0.15, 0.2) is 6.61 Å². The molecule has 0 aliphatic heterocycles. The first-order valence-electron chi connectivity index (χ1n) is 10.4. The lowest BCUT2D eigenvalue weighted by atomic mass is 10.1. The second-order valence-corrected chi connectivity index (χ2v) is 7.70. The summed E-state index contributed by atoms with van der Waals surface area (Å²) in [4.78, 5) is 29.4. The van der Waals surface area contributed by atoms with Crippen LogP contribution in [0.15, 0.2) is 66.7 Å². The van der Waals surface area contributed by atoms with Crippen molar-refractivity contribution >= 4 is 22.7 Å². The predicted molar refractivity (Wildman–Crippen MR) is 120 cm³/mol. The van der Waals surface area contributed by atoms with Crippen LogP contribution in [0.3, 0.4) is 0 Å². The first kappa shape index (κ1) is 21.4. The Morgan fingerprint density at radius 3 is 2.53 bits per heavy atom. The smallest absolute Gasteiger partial charge is 0.357 e. The summed E-state index contributed by atoms with van der Waals surface area (Å²) in [5.41, 5.74) is 4.16. The second-order valence-electron chi connectivity index (χ2n) is 7.70. The van der Waals surface area contributed by atoms with Crippen LogP contribution >= 0.6 is 0 Å². The number of esters is 1. The van der Waals surface area contributed by atoms with Gasteiger partial charge in [-0.3, -0.25) is 4.79 Å². The van der Waals surface area contributed by atoms with Gasteiger partial charge in [0.1, 0.15) is 11.5 Å². The lowest BCUT2D eigenvalue weighted by Crippen LogP contribution is -2.16. The summed E-state index contributed by atoms with van der Waals surface area (Å²) >= 11 is 0. The molecule has 2 heterocycles. The van der Waals surface area contributed by atoms with Gasteiger partial charge in [-0.1, -0.05) is 36.4 Å². The zero-order valence-corrected chi connectivity index (χ0v) is 18.0. The third-order valence-corrected chi connectivity index (χ3v) is 5.55. The fourth-order valence-electron chi connectivity index (χ4n) is 3.78. The van der Waals surface area contributed by atoms with Gasteiger partial charge in [-0.25, -0.2) is 14.2 Å². The lowest BCUT2D eigenvalue weighted by molar-refractivity contribution is 0.0469. The van der Waals surface area contributed by atoms with Gasteiger partial charge in [0.05, 0.1) is 5.52 Å². The van der Waals surface area contributed by atoms with Crippen LogP contribution in [0.2, 0.25) is 0 Å². The molecule has 0 aliphatic carbocycles. The molecule has 2 aromatic carbocycles. The number of ketones is 1. The molecule has 0 atom stereocenters. The van der Waals surface area contributed by atoms with Crippen molar-refractivity contribution < 1.29 is 18.7 Å². The van der Waals surface area contributed by atoms with Gasteiger partial charge in [0.2, 0.25) is 5.78 Å². The fraction of sp³-hybridized carbons (Fsp3) is 0.192. The Balaban J connectivity index is 1.41. The summed E-state index contributed by atoms with van der Waals surface area (Å²) in [7, 11) is 0. The number of ether oxygens (including phenoxy) is 1. The molecule has 5 nitrogen and oxygen atoms in total. The number of pyridine rings is 1. The normalized spacial score (nSPS) is 11.0. The minimum atomic E-state index is -0.630. The average molecular weight is 430 g/mol. The molecule has 0 saturated carbocycles. The largest absolute Gasteiger partial charge is 0.453 e. The summed E-state index contributed by atoms with van der Waals surface area (Å²) in [5.74, 6) is -1.15. The van der Waals surface area contributed by atoms with Gasteiger partial charge in [-0.15, -0.1) is 0 Å². The van der Waals surface area contributed by atoms with E-state index in [9.17, 15) is 14.0 Å². The monoisotopic (exact) mass is 430 g/mol. The highest BCUT2D eigenvalue weighted by atomic mass is 19.1. The fourth-order valence-corrected chi connectivity index (χ4v) is 3.78. The summed E-state index contributed by atoms with van der Waals surface area (Å²) in [6.45, 7) is 4.12. The van der Waals surface area contributed by atoms with Gasteiger partial charge < -0.3 is 9.30 Å². The topological polar surface area (TPSA) is 61.2 Å². The van der Waals surface area contributed by atoms with Gasteiger partial charge in [-0.2, -0.15) is 0 Å². The number of fused-ring (bicyclic) bond motifs is 1. The van der Waals surface area contributed by atoms with Crippen molar-refractivity contribution in [2.45, 2.75) is 26.8 Å². The van der Waals surface area contributed by atoms with E-state index in [1.165, 1.54) is 12.1 Å². The molecule has 4 rings (SSSR count). The third kappa shape index (κ3) is 4.59. The van der Waals surface area contributed by atoms with E-state index in [1.807, 2.05) is 48.7 Å². The molecule has 0 spiro atoms. The van der Waals surface area contributed by atoms with E-state index in [1.54, 1.807) is 24.3 Å². The number of aryl methyl sites for hydroxylation is 2. The van der Waals surface area contributed by atoms with E-state index >= 15 is 0 Å². The van der Waals surface area contributed by atoms with E-state index in [2.05, 4.69) is 4.98 Å². The number of nitrogens with zero attached hydrogens (tertiary/aromatic N) is 2. The van der Waals surface area contributed by atoms with Crippen molar-refractivity contribution in [2.24, 2.45) is 0 Å². The van der Waals surface area contributed by atoms with Crippen LogP contribution in [-0.2, 0) is 17.7 Å². The van der Waals surface area contributed by atoms with Crippen LogP contribution in [-0.4, -0.2) is 27.9 Å². The summed E-state index contributed by atoms with van der Waals surface area (Å²) in [6.07, 6.45) is 0.715. The minimum Gasteiger partial charge on any atom is -0.453 e. The highest BCUT2D eigenvalue weighted by Crippen LogP contribution is 2.18. The van der Waals surface area contributed by atoms with Gasteiger partial charge in [0.25, 0.3) is 0 Å². The standard InChI is InChI=1S/C26H23FN2O3/c1-17-15-22(18(2)29(17)14-13-19-7-10-21(27)11-8-19)25(30)16-32-26(31)24-12-9-20-5-3-4-6-23(20)28-24/h3-12,15H,13-14,16H2,1-2H3. The first-order valence-corrected chi connectivity index (χ1v) is 10.4. The molecule has 0 N–H and O–H groups in total. The quantitative estimate of drug-likeness (QED) is 0.303. The molecule has 0 unspecified atom stereocenters. The maximum atomic E-state index is 13.1. The molecule has 2 aromatic heterocycles. The molecule has 162 valence electrons. The first-order chi connectivity index (χ1) is 15.4. The molecule has 0 bridgehead atoms. The molecule has 6 heteroatoms. The summed E-state index contributed by atoms with van der Waals surface area (Å²) in [5, 5.41) is 0.924. The number of carbonyl (C=O) groups excluding carboxylic acids is 2. The Labute approximate surface area is 185 Å². The van der Waals surface area contributed by atoms with E-state index in [0.29, 0.717) is 24.0 Å². The van der Waals surface area contributed by atoms with Crippen LogP contribution in [0.5, 0.6) is 0 Å². The molecule has 0 amide bonds. The number of hydrogen-bond acceptors (Lipinski definition) is 4. The van der Waals surface area contributed by atoms with Crippen LogP contribution in [0.25, 0.3) is 10.9 Å².